The average Bonchev–Trinajstić information content (AvgIpc) is 2.96. The molecule has 26 heavy (non-hydrogen) atoms. The van der Waals surface area contributed by atoms with Gasteiger partial charge in [-0.25, -0.2) is 4.79 Å². The van der Waals surface area contributed by atoms with Gasteiger partial charge in [0, 0.05) is 37.9 Å². The first-order valence-corrected chi connectivity index (χ1v) is 9.80. The van der Waals surface area contributed by atoms with Crippen molar-refractivity contribution in [3.05, 3.63) is 23.8 Å². The van der Waals surface area contributed by atoms with Crippen molar-refractivity contribution in [1.29, 1.82) is 0 Å². The van der Waals surface area contributed by atoms with Crippen LogP contribution in [-0.2, 0) is 25.5 Å². The minimum absolute atomic E-state index is 0.0804. The Morgan fingerprint density at radius 1 is 1.35 bits per heavy atom. The van der Waals surface area contributed by atoms with E-state index < -0.39 is 16.2 Å². The lowest BCUT2D eigenvalue weighted by atomic mass is 10.2. The van der Waals surface area contributed by atoms with E-state index in [0.29, 0.717) is 24.7 Å². The maximum absolute atomic E-state index is 12.7. The number of anilines is 1. The van der Waals surface area contributed by atoms with Crippen LogP contribution in [0.15, 0.2) is 23.1 Å². The van der Waals surface area contributed by atoms with E-state index in [1.54, 1.807) is 11.0 Å². The van der Waals surface area contributed by atoms with Gasteiger partial charge in [0.2, 0.25) is 5.91 Å². The number of primary amides is 1. The van der Waals surface area contributed by atoms with E-state index in [1.807, 2.05) is 0 Å². The summed E-state index contributed by atoms with van der Waals surface area (Å²) in [6.07, 6.45) is -0.748. The number of benzene rings is 1. The third kappa shape index (κ3) is 3.97. The molecule has 0 aliphatic carbocycles. The minimum atomic E-state index is -4.30. The summed E-state index contributed by atoms with van der Waals surface area (Å²) in [7, 11) is -4.30. The second-order valence-electron chi connectivity index (χ2n) is 6.53. The first-order valence-electron chi connectivity index (χ1n) is 8.39. The van der Waals surface area contributed by atoms with Gasteiger partial charge in [-0.05, 0) is 31.0 Å². The first kappa shape index (κ1) is 18.6. The molecule has 0 saturated carbocycles. The summed E-state index contributed by atoms with van der Waals surface area (Å²) in [5.41, 5.74) is 6.22. The van der Waals surface area contributed by atoms with E-state index in [4.69, 9.17) is 5.73 Å². The van der Waals surface area contributed by atoms with Crippen molar-refractivity contribution < 1.29 is 22.2 Å². The molecule has 0 bridgehead atoms. The van der Waals surface area contributed by atoms with E-state index >= 15 is 0 Å². The normalized spacial score (nSPS) is 20.7. The molecule has 1 aromatic carbocycles. The molecule has 0 aromatic heterocycles. The Bertz CT molecular complexity index is 826. The summed E-state index contributed by atoms with van der Waals surface area (Å²) in [6.45, 7) is 5.25. The standard InChI is InChI=1S/C16H22N4O5S/c1-11-9-19(7-5-18-11)10-15(21)20-6-4-12-2-3-13(8-14(12)20)26(23,24)25-16(17)22/h2-3,8,11,18H,4-7,9-10H2,1H3,(H2,17,22)/t11-/m1/s1. The molecule has 142 valence electrons. The summed E-state index contributed by atoms with van der Waals surface area (Å²) in [6, 6.07) is 4.67. The Labute approximate surface area is 152 Å². The fourth-order valence-corrected chi connectivity index (χ4v) is 4.17. The Hall–Kier alpha value is -2.17. The van der Waals surface area contributed by atoms with Crippen LogP contribution in [0, 0.1) is 0 Å². The van der Waals surface area contributed by atoms with Crippen LogP contribution in [0.5, 0.6) is 0 Å². The number of amides is 2. The second kappa shape index (κ2) is 7.22. The maximum atomic E-state index is 12.7. The zero-order valence-electron chi connectivity index (χ0n) is 14.5. The van der Waals surface area contributed by atoms with Gasteiger partial charge in [-0.2, -0.15) is 8.42 Å². The summed E-state index contributed by atoms with van der Waals surface area (Å²) in [5.74, 6) is -0.0804. The Balaban J connectivity index is 1.78. The molecular weight excluding hydrogens is 360 g/mol. The second-order valence-corrected chi connectivity index (χ2v) is 8.08. The van der Waals surface area contributed by atoms with Crippen LogP contribution in [0.1, 0.15) is 12.5 Å². The van der Waals surface area contributed by atoms with Gasteiger partial charge >= 0.3 is 16.2 Å². The van der Waals surface area contributed by atoms with Gasteiger partial charge in [0.25, 0.3) is 0 Å². The Kier molecular flexibility index (Phi) is 5.17. The van der Waals surface area contributed by atoms with Crippen molar-refractivity contribution in [2.45, 2.75) is 24.3 Å². The lowest BCUT2D eigenvalue weighted by Gasteiger charge is -2.32. The van der Waals surface area contributed by atoms with E-state index in [9.17, 15) is 18.0 Å². The molecule has 1 saturated heterocycles. The van der Waals surface area contributed by atoms with Gasteiger partial charge in [-0.15, -0.1) is 0 Å². The highest BCUT2D eigenvalue weighted by Gasteiger charge is 2.29. The van der Waals surface area contributed by atoms with Crippen LogP contribution in [0.2, 0.25) is 0 Å². The highest BCUT2D eigenvalue weighted by molar-refractivity contribution is 7.87. The topological polar surface area (TPSA) is 122 Å². The van der Waals surface area contributed by atoms with Gasteiger partial charge < -0.3 is 20.1 Å². The third-order valence-electron chi connectivity index (χ3n) is 4.55. The summed E-state index contributed by atoms with van der Waals surface area (Å²) in [4.78, 5) is 27.0. The lowest BCUT2D eigenvalue weighted by Crippen LogP contribution is -2.52. The number of piperazine rings is 1. The van der Waals surface area contributed by atoms with Crippen LogP contribution >= 0.6 is 0 Å². The molecule has 2 aliphatic rings. The number of carbonyl (C=O) groups is 2. The molecular formula is C16H22N4O5S. The Morgan fingerprint density at radius 3 is 2.81 bits per heavy atom. The molecule has 2 amide bonds. The van der Waals surface area contributed by atoms with E-state index in [2.05, 4.69) is 21.3 Å². The molecule has 1 aromatic rings. The lowest BCUT2D eigenvalue weighted by molar-refractivity contribution is -0.119. The number of rotatable bonds is 4. The first-order chi connectivity index (χ1) is 12.3. The van der Waals surface area contributed by atoms with Crippen molar-refractivity contribution in [3.8, 4) is 0 Å². The summed E-state index contributed by atoms with van der Waals surface area (Å²) < 4.78 is 28.3. The number of nitrogens with zero attached hydrogens (tertiary/aromatic N) is 2. The number of nitrogens with two attached hydrogens (primary N) is 1. The third-order valence-corrected chi connectivity index (χ3v) is 5.76. The molecule has 9 nitrogen and oxygen atoms in total. The van der Waals surface area contributed by atoms with E-state index in [1.165, 1.54) is 12.1 Å². The molecule has 0 unspecified atom stereocenters. The number of hydrogen-bond donors (Lipinski definition) is 2. The molecule has 0 spiro atoms. The molecule has 2 heterocycles. The predicted octanol–water partition coefficient (Wildman–Crippen LogP) is -0.347. The number of carbonyl (C=O) groups excluding carboxylic acids is 2. The number of nitrogens with one attached hydrogen (secondary N) is 1. The number of fused-ring (bicyclic) bond motifs is 1. The maximum Gasteiger partial charge on any atom is 0.420 e. The van der Waals surface area contributed by atoms with Crippen LogP contribution in [-0.4, -0.2) is 64.1 Å². The van der Waals surface area contributed by atoms with Crippen LogP contribution in [0.4, 0.5) is 10.5 Å². The van der Waals surface area contributed by atoms with Crippen molar-refractivity contribution in [3.63, 3.8) is 0 Å². The van der Waals surface area contributed by atoms with Crippen molar-refractivity contribution >= 4 is 27.8 Å². The predicted molar refractivity (Wildman–Crippen MR) is 94.3 cm³/mol. The number of hydrogen-bond acceptors (Lipinski definition) is 7. The molecule has 0 radical (unpaired) electrons. The molecule has 1 fully saturated rings. The fourth-order valence-electron chi connectivity index (χ4n) is 3.36. The fraction of sp³-hybridized carbons (Fsp3) is 0.500. The quantitative estimate of drug-likeness (QED) is 0.683. The minimum Gasteiger partial charge on any atom is -0.334 e. The summed E-state index contributed by atoms with van der Waals surface area (Å²) in [5, 5.41) is 3.33. The molecule has 10 heteroatoms. The zero-order valence-corrected chi connectivity index (χ0v) is 15.3. The molecule has 1 atom stereocenters. The van der Waals surface area contributed by atoms with Crippen molar-refractivity contribution in [2.24, 2.45) is 5.73 Å². The van der Waals surface area contributed by atoms with Crippen LogP contribution in [0.3, 0.4) is 0 Å². The molecule has 3 rings (SSSR count). The zero-order chi connectivity index (χ0) is 18.9. The monoisotopic (exact) mass is 382 g/mol. The Morgan fingerprint density at radius 2 is 2.12 bits per heavy atom. The smallest absolute Gasteiger partial charge is 0.334 e. The van der Waals surface area contributed by atoms with Gasteiger partial charge in [0.15, 0.2) is 0 Å². The van der Waals surface area contributed by atoms with Gasteiger partial charge in [-0.1, -0.05) is 6.07 Å². The van der Waals surface area contributed by atoms with E-state index in [-0.39, 0.29) is 17.3 Å². The van der Waals surface area contributed by atoms with Crippen LogP contribution < -0.4 is 16.0 Å². The van der Waals surface area contributed by atoms with E-state index in [0.717, 1.165) is 25.2 Å². The highest BCUT2D eigenvalue weighted by atomic mass is 32.2. The van der Waals surface area contributed by atoms with Gasteiger partial charge in [0.1, 0.15) is 4.90 Å². The SMILES string of the molecule is C[C@@H]1CN(CC(=O)N2CCc3ccc(S(=O)(=O)OC(N)=O)cc32)CCN1. The molecule has 3 N–H and O–H groups in total. The highest BCUT2D eigenvalue weighted by Crippen LogP contribution is 2.31. The van der Waals surface area contributed by atoms with Gasteiger partial charge in [-0.3, -0.25) is 9.69 Å². The van der Waals surface area contributed by atoms with Crippen molar-refractivity contribution in [2.75, 3.05) is 37.6 Å². The summed E-state index contributed by atoms with van der Waals surface area (Å²) >= 11 is 0. The average molecular weight is 382 g/mol. The largest absolute Gasteiger partial charge is 0.420 e. The molecule has 2 aliphatic heterocycles. The van der Waals surface area contributed by atoms with Gasteiger partial charge in [0.05, 0.1) is 6.54 Å². The van der Waals surface area contributed by atoms with Crippen molar-refractivity contribution in [1.82, 2.24) is 10.2 Å². The van der Waals surface area contributed by atoms with Crippen LogP contribution in [0.25, 0.3) is 0 Å².